The third kappa shape index (κ3) is 5.28. The molecular formula is C20H25N5O4. The average molecular weight is 399 g/mol. The van der Waals surface area contributed by atoms with E-state index in [0.29, 0.717) is 17.0 Å². The first-order valence-electron chi connectivity index (χ1n) is 8.91. The van der Waals surface area contributed by atoms with Crippen LogP contribution in [0.4, 0.5) is 16.2 Å². The molecule has 2 heterocycles. The Morgan fingerprint density at radius 3 is 2.55 bits per heavy atom. The van der Waals surface area contributed by atoms with Crippen molar-refractivity contribution in [1.82, 2.24) is 9.55 Å². The summed E-state index contributed by atoms with van der Waals surface area (Å²) < 4.78 is 6.60. The molecule has 0 fully saturated rings. The molecule has 2 aromatic heterocycles. The number of hydrogen-bond donors (Lipinski definition) is 2. The predicted octanol–water partition coefficient (Wildman–Crippen LogP) is 2.55. The van der Waals surface area contributed by atoms with Crippen LogP contribution in [0.3, 0.4) is 0 Å². The van der Waals surface area contributed by atoms with Crippen LogP contribution in [0.25, 0.3) is 5.82 Å². The van der Waals surface area contributed by atoms with Crippen LogP contribution >= 0.6 is 0 Å². The molecule has 0 aliphatic heterocycles. The molecule has 29 heavy (non-hydrogen) atoms. The van der Waals surface area contributed by atoms with Crippen LogP contribution in [0.2, 0.25) is 0 Å². The molecule has 2 rings (SSSR count). The first-order chi connectivity index (χ1) is 13.4. The summed E-state index contributed by atoms with van der Waals surface area (Å²) in [5.41, 5.74) is 6.42. The summed E-state index contributed by atoms with van der Waals surface area (Å²) in [6, 6.07) is 4.74. The molecule has 0 saturated carbocycles. The minimum Gasteiger partial charge on any atom is -0.444 e. The molecule has 9 heteroatoms. The van der Waals surface area contributed by atoms with E-state index in [1.807, 2.05) is 0 Å². The summed E-state index contributed by atoms with van der Waals surface area (Å²) >= 11 is 0. The van der Waals surface area contributed by atoms with Gasteiger partial charge in [-0.05, 0) is 65.1 Å². The Labute approximate surface area is 168 Å². The Morgan fingerprint density at radius 1 is 1.31 bits per heavy atom. The van der Waals surface area contributed by atoms with E-state index < -0.39 is 23.2 Å². The quantitative estimate of drug-likeness (QED) is 0.760. The lowest BCUT2D eigenvalue weighted by Gasteiger charge is -2.21. The van der Waals surface area contributed by atoms with Crippen molar-refractivity contribution in [2.75, 3.05) is 11.1 Å². The summed E-state index contributed by atoms with van der Waals surface area (Å²) in [6.07, 6.45) is -0.769. The second-order valence-electron chi connectivity index (χ2n) is 7.53. The number of rotatable bonds is 4. The number of aliphatic imine (C=N–C) groups is 1. The predicted molar refractivity (Wildman–Crippen MR) is 112 cm³/mol. The highest BCUT2D eigenvalue weighted by Gasteiger charge is 2.21. The Kier molecular flexibility index (Phi) is 6.21. The van der Waals surface area contributed by atoms with Gasteiger partial charge in [0, 0.05) is 11.4 Å². The van der Waals surface area contributed by atoms with Gasteiger partial charge >= 0.3 is 6.09 Å². The first kappa shape index (κ1) is 21.8. The van der Waals surface area contributed by atoms with Crippen LogP contribution in [0.1, 0.15) is 37.7 Å². The van der Waals surface area contributed by atoms with E-state index in [-0.39, 0.29) is 23.6 Å². The Balaban J connectivity index is 2.66. The van der Waals surface area contributed by atoms with E-state index in [0.717, 1.165) is 0 Å². The minimum atomic E-state index is -0.724. The molecule has 0 unspecified atom stereocenters. The number of anilines is 2. The minimum absolute atomic E-state index is 0.0355. The van der Waals surface area contributed by atoms with E-state index in [1.165, 1.54) is 10.6 Å². The zero-order valence-electron chi connectivity index (χ0n) is 17.2. The standard InChI is InChI=1S/C20H25N5O4/c1-11-7-8-14(21)18(27)25(11)17-15(24-19(28)29-20(3,4)5)9-13(12(2)23-17)10-16(26)22-6/h7-9H,6,10,21H2,1-5H3,(H,24,28). The maximum Gasteiger partial charge on any atom is 0.412 e. The van der Waals surface area contributed by atoms with Gasteiger partial charge in [0.2, 0.25) is 5.91 Å². The molecule has 0 atom stereocenters. The number of nitrogens with one attached hydrogen (secondary N) is 1. The fourth-order valence-electron chi connectivity index (χ4n) is 2.62. The van der Waals surface area contributed by atoms with Gasteiger partial charge in [-0.25, -0.2) is 14.8 Å². The Hall–Kier alpha value is -3.49. The number of pyridine rings is 2. The number of ether oxygens (including phenoxy) is 1. The van der Waals surface area contributed by atoms with Gasteiger partial charge in [-0.15, -0.1) is 0 Å². The van der Waals surface area contributed by atoms with Crippen LogP contribution in [0, 0.1) is 13.8 Å². The van der Waals surface area contributed by atoms with E-state index in [9.17, 15) is 14.4 Å². The summed E-state index contributed by atoms with van der Waals surface area (Å²) in [5.74, 6) is -0.269. The fraction of sp³-hybridized carbons (Fsp3) is 0.350. The second-order valence-corrected chi connectivity index (χ2v) is 7.53. The molecule has 0 radical (unpaired) electrons. The Bertz CT molecular complexity index is 1030. The zero-order chi connectivity index (χ0) is 21.9. The van der Waals surface area contributed by atoms with Gasteiger partial charge in [-0.3, -0.25) is 19.5 Å². The third-order valence-electron chi connectivity index (χ3n) is 3.97. The van der Waals surface area contributed by atoms with Gasteiger partial charge in [0.15, 0.2) is 5.82 Å². The summed E-state index contributed by atoms with van der Waals surface area (Å²) in [7, 11) is 0. The lowest BCUT2D eigenvalue weighted by Crippen LogP contribution is -2.29. The average Bonchev–Trinajstić information content (AvgIpc) is 2.60. The monoisotopic (exact) mass is 399 g/mol. The first-order valence-corrected chi connectivity index (χ1v) is 8.91. The van der Waals surface area contributed by atoms with E-state index in [1.54, 1.807) is 46.8 Å². The number of nitrogen functional groups attached to an aromatic ring is 1. The normalized spacial score (nSPS) is 11.1. The van der Waals surface area contributed by atoms with Gasteiger partial charge in [0.05, 0.1) is 17.8 Å². The molecule has 0 aromatic carbocycles. The molecule has 3 N–H and O–H groups in total. The molecule has 154 valence electrons. The molecule has 9 nitrogen and oxygen atoms in total. The van der Waals surface area contributed by atoms with Crippen molar-refractivity contribution in [3.05, 3.63) is 45.5 Å². The number of hydrogen-bond acceptors (Lipinski definition) is 6. The largest absolute Gasteiger partial charge is 0.444 e. The van der Waals surface area contributed by atoms with Gasteiger partial charge in [0.25, 0.3) is 5.56 Å². The molecule has 0 saturated heterocycles. The number of amides is 2. The van der Waals surface area contributed by atoms with E-state index in [2.05, 4.69) is 22.0 Å². The van der Waals surface area contributed by atoms with Crippen molar-refractivity contribution in [1.29, 1.82) is 0 Å². The lowest BCUT2D eigenvalue weighted by atomic mass is 10.1. The molecule has 0 spiro atoms. The van der Waals surface area contributed by atoms with Gasteiger partial charge in [-0.1, -0.05) is 0 Å². The van der Waals surface area contributed by atoms with Crippen molar-refractivity contribution >= 4 is 30.1 Å². The zero-order valence-corrected chi connectivity index (χ0v) is 17.2. The number of aromatic nitrogens is 2. The molecule has 0 bridgehead atoms. The fourth-order valence-corrected chi connectivity index (χ4v) is 2.62. The maximum atomic E-state index is 12.7. The second kappa shape index (κ2) is 8.26. The Morgan fingerprint density at radius 2 is 1.97 bits per heavy atom. The SMILES string of the molecule is C=NC(=O)Cc1cc(NC(=O)OC(C)(C)C)c(-n2c(C)ccc(N)c2=O)nc1C. The molecule has 0 aliphatic rings. The number of nitrogens with zero attached hydrogens (tertiary/aromatic N) is 3. The third-order valence-corrected chi connectivity index (χ3v) is 3.97. The lowest BCUT2D eigenvalue weighted by molar-refractivity contribution is -0.117. The van der Waals surface area contributed by atoms with Crippen LogP contribution in [0.5, 0.6) is 0 Å². The van der Waals surface area contributed by atoms with Crippen molar-refractivity contribution in [2.24, 2.45) is 4.99 Å². The summed E-state index contributed by atoms with van der Waals surface area (Å²) in [5, 5.41) is 2.62. The topological polar surface area (TPSA) is 129 Å². The van der Waals surface area contributed by atoms with Gasteiger partial charge in [0.1, 0.15) is 5.60 Å². The molecule has 2 aromatic rings. The smallest absolute Gasteiger partial charge is 0.412 e. The van der Waals surface area contributed by atoms with E-state index in [4.69, 9.17) is 10.5 Å². The van der Waals surface area contributed by atoms with E-state index >= 15 is 0 Å². The van der Waals surface area contributed by atoms with Crippen molar-refractivity contribution < 1.29 is 14.3 Å². The van der Waals surface area contributed by atoms with Crippen molar-refractivity contribution in [3.8, 4) is 5.82 Å². The highest BCUT2D eigenvalue weighted by Crippen LogP contribution is 2.24. The summed E-state index contributed by atoms with van der Waals surface area (Å²) in [4.78, 5) is 44.6. The highest BCUT2D eigenvalue weighted by molar-refractivity contribution is 5.88. The number of carbonyl (C=O) groups excluding carboxylic acids is 2. The highest BCUT2D eigenvalue weighted by atomic mass is 16.6. The van der Waals surface area contributed by atoms with Crippen molar-refractivity contribution in [3.63, 3.8) is 0 Å². The van der Waals surface area contributed by atoms with Gasteiger partial charge in [-0.2, -0.15) is 0 Å². The molecule has 0 aliphatic carbocycles. The maximum absolute atomic E-state index is 12.7. The van der Waals surface area contributed by atoms with Crippen molar-refractivity contribution in [2.45, 2.75) is 46.6 Å². The van der Waals surface area contributed by atoms with Gasteiger partial charge < -0.3 is 10.5 Å². The molecule has 2 amide bonds. The number of nitrogens with two attached hydrogens (primary N) is 1. The molecular weight excluding hydrogens is 374 g/mol. The summed E-state index contributed by atoms with van der Waals surface area (Å²) in [6.45, 7) is 11.8. The van der Waals surface area contributed by atoms with Crippen LogP contribution in [0.15, 0.2) is 28.0 Å². The van der Waals surface area contributed by atoms with Crippen LogP contribution in [-0.4, -0.2) is 33.9 Å². The van der Waals surface area contributed by atoms with Crippen LogP contribution in [-0.2, 0) is 16.0 Å². The number of carbonyl (C=O) groups is 2. The number of aryl methyl sites for hydroxylation is 2. The van der Waals surface area contributed by atoms with Crippen LogP contribution < -0.4 is 16.6 Å².